The molecule has 2 rings (SSSR count). The predicted octanol–water partition coefficient (Wildman–Crippen LogP) is 3.83. The second-order valence-electron chi connectivity index (χ2n) is 5.16. The van der Waals surface area contributed by atoms with E-state index in [-0.39, 0.29) is 5.82 Å². The first-order valence-corrected chi connectivity index (χ1v) is 6.85. The summed E-state index contributed by atoms with van der Waals surface area (Å²) in [7, 11) is 0. The number of para-hydroxylation sites is 1. The number of hydrogen-bond acceptors (Lipinski definition) is 2. The molecule has 1 aliphatic rings. The van der Waals surface area contributed by atoms with E-state index in [0.29, 0.717) is 24.9 Å². The van der Waals surface area contributed by atoms with Crippen LogP contribution in [0.1, 0.15) is 32.6 Å². The van der Waals surface area contributed by atoms with E-state index in [9.17, 15) is 4.39 Å². The van der Waals surface area contributed by atoms with Crippen molar-refractivity contribution in [2.24, 2.45) is 5.92 Å². The van der Waals surface area contributed by atoms with Gasteiger partial charge in [-0.25, -0.2) is 4.39 Å². The first-order chi connectivity index (χ1) is 8.75. The minimum Gasteiger partial charge on any atom is -0.380 e. The Hall–Kier alpha value is -1.09. The van der Waals surface area contributed by atoms with E-state index in [2.05, 4.69) is 12.2 Å². The van der Waals surface area contributed by atoms with Gasteiger partial charge in [-0.15, -0.1) is 0 Å². The standard InChI is InChI=1S/C15H22FNO/c1-12-6-8-13(9-7-12)18-11-10-17-15-5-3-2-4-14(15)16/h2-5,12-13,17H,6-11H2,1H3. The van der Waals surface area contributed by atoms with Crippen LogP contribution < -0.4 is 5.32 Å². The lowest BCUT2D eigenvalue weighted by atomic mass is 9.89. The van der Waals surface area contributed by atoms with E-state index in [1.807, 2.05) is 6.07 Å². The van der Waals surface area contributed by atoms with Crippen LogP contribution in [-0.4, -0.2) is 19.3 Å². The molecular weight excluding hydrogens is 229 g/mol. The third-order valence-corrected chi connectivity index (χ3v) is 3.61. The summed E-state index contributed by atoms with van der Waals surface area (Å²) in [6.45, 7) is 3.61. The predicted molar refractivity (Wildman–Crippen MR) is 72.3 cm³/mol. The van der Waals surface area contributed by atoms with Crippen molar-refractivity contribution in [3.63, 3.8) is 0 Å². The fraction of sp³-hybridized carbons (Fsp3) is 0.600. The topological polar surface area (TPSA) is 21.3 Å². The van der Waals surface area contributed by atoms with E-state index in [1.54, 1.807) is 12.1 Å². The van der Waals surface area contributed by atoms with Crippen LogP contribution in [0, 0.1) is 11.7 Å². The van der Waals surface area contributed by atoms with Crippen molar-refractivity contribution in [2.45, 2.75) is 38.7 Å². The van der Waals surface area contributed by atoms with Gasteiger partial charge in [0.1, 0.15) is 5.82 Å². The van der Waals surface area contributed by atoms with E-state index in [0.717, 1.165) is 5.92 Å². The van der Waals surface area contributed by atoms with E-state index in [4.69, 9.17) is 4.74 Å². The zero-order chi connectivity index (χ0) is 12.8. The van der Waals surface area contributed by atoms with Crippen LogP contribution in [0.5, 0.6) is 0 Å². The molecule has 1 aliphatic carbocycles. The molecule has 0 radical (unpaired) electrons. The number of hydrogen-bond donors (Lipinski definition) is 1. The van der Waals surface area contributed by atoms with Crippen molar-refractivity contribution < 1.29 is 9.13 Å². The lowest BCUT2D eigenvalue weighted by Gasteiger charge is -2.26. The normalized spacial score (nSPS) is 23.9. The Morgan fingerprint density at radius 2 is 1.94 bits per heavy atom. The van der Waals surface area contributed by atoms with Gasteiger partial charge in [-0.2, -0.15) is 0 Å². The Morgan fingerprint density at radius 1 is 1.22 bits per heavy atom. The summed E-state index contributed by atoms with van der Waals surface area (Å²) in [6, 6.07) is 6.73. The first-order valence-electron chi connectivity index (χ1n) is 6.85. The van der Waals surface area contributed by atoms with Crippen molar-refractivity contribution in [3.05, 3.63) is 30.1 Å². The maximum atomic E-state index is 13.3. The molecule has 3 heteroatoms. The summed E-state index contributed by atoms with van der Waals surface area (Å²) in [5.41, 5.74) is 0.554. The zero-order valence-electron chi connectivity index (χ0n) is 11.0. The van der Waals surface area contributed by atoms with Crippen molar-refractivity contribution in [2.75, 3.05) is 18.5 Å². The molecule has 0 spiro atoms. The average molecular weight is 251 g/mol. The van der Waals surface area contributed by atoms with E-state index in [1.165, 1.54) is 31.7 Å². The summed E-state index contributed by atoms with van der Waals surface area (Å²) in [5.74, 6) is 0.644. The van der Waals surface area contributed by atoms with Crippen LogP contribution in [0.15, 0.2) is 24.3 Å². The molecule has 0 unspecified atom stereocenters. The fourth-order valence-electron chi connectivity index (χ4n) is 2.41. The molecule has 0 bridgehead atoms. The zero-order valence-corrected chi connectivity index (χ0v) is 11.0. The SMILES string of the molecule is CC1CCC(OCCNc2ccccc2F)CC1. The Balaban J connectivity index is 1.63. The number of anilines is 1. The Kier molecular flexibility index (Phi) is 5.00. The van der Waals surface area contributed by atoms with Gasteiger partial charge in [-0.3, -0.25) is 0 Å². The number of nitrogens with one attached hydrogen (secondary N) is 1. The summed E-state index contributed by atoms with van der Waals surface area (Å²) >= 11 is 0. The molecule has 1 aromatic rings. The van der Waals surface area contributed by atoms with Crippen LogP contribution >= 0.6 is 0 Å². The Morgan fingerprint density at radius 3 is 2.67 bits per heavy atom. The number of rotatable bonds is 5. The van der Waals surface area contributed by atoms with Crippen LogP contribution in [0.25, 0.3) is 0 Å². The second-order valence-corrected chi connectivity index (χ2v) is 5.16. The largest absolute Gasteiger partial charge is 0.380 e. The lowest BCUT2D eigenvalue weighted by molar-refractivity contribution is 0.0257. The molecule has 0 heterocycles. The van der Waals surface area contributed by atoms with Crippen LogP contribution in [0.2, 0.25) is 0 Å². The molecule has 2 nitrogen and oxygen atoms in total. The van der Waals surface area contributed by atoms with Crippen molar-refractivity contribution in [1.29, 1.82) is 0 Å². The van der Waals surface area contributed by atoms with Crippen LogP contribution in [0.3, 0.4) is 0 Å². The van der Waals surface area contributed by atoms with Gasteiger partial charge in [0.2, 0.25) is 0 Å². The number of benzene rings is 1. The van der Waals surface area contributed by atoms with E-state index < -0.39 is 0 Å². The molecule has 0 aromatic heterocycles. The summed E-state index contributed by atoms with van der Waals surface area (Å²) in [4.78, 5) is 0. The highest BCUT2D eigenvalue weighted by Crippen LogP contribution is 2.25. The molecule has 1 N–H and O–H groups in total. The van der Waals surface area contributed by atoms with Gasteiger partial charge >= 0.3 is 0 Å². The highest BCUT2D eigenvalue weighted by molar-refractivity contribution is 5.44. The van der Waals surface area contributed by atoms with Gasteiger partial charge in [0.05, 0.1) is 18.4 Å². The van der Waals surface area contributed by atoms with Crippen molar-refractivity contribution in [3.8, 4) is 0 Å². The number of ether oxygens (including phenoxy) is 1. The molecule has 0 atom stereocenters. The van der Waals surface area contributed by atoms with Crippen LogP contribution in [-0.2, 0) is 4.74 Å². The molecule has 0 saturated heterocycles. The van der Waals surface area contributed by atoms with Crippen molar-refractivity contribution in [1.82, 2.24) is 0 Å². The Labute approximate surface area is 109 Å². The van der Waals surface area contributed by atoms with Gasteiger partial charge in [0.15, 0.2) is 0 Å². The third kappa shape index (κ3) is 3.98. The summed E-state index contributed by atoms with van der Waals surface area (Å²) < 4.78 is 19.1. The maximum Gasteiger partial charge on any atom is 0.146 e. The highest BCUT2D eigenvalue weighted by atomic mass is 19.1. The van der Waals surface area contributed by atoms with Gasteiger partial charge in [-0.05, 0) is 43.7 Å². The summed E-state index contributed by atoms with van der Waals surface area (Å²) in [6.07, 6.45) is 5.28. The maximum absolute atomic E-state index is 13.3. The molecule has 1 fully saturated rings. The molecule has 0 aliphatic heterocycles. The van der Waals surface area contributed by atoms with Crippen molar-refractivity contribution >= 4 is 5.69 Å². The molecule has 1 aromatic carbocycles. The smallest absolute Gasteiger partial charge is 0.146 e. The highest BCUT2D eigenvalue weighted by Gasteiger charge is 2.18. The monoisotopic (exact) mass is 251 g/mol. The minimum absolute atomic E-state index is 0.205. The number of halogens is 1. The van der Waals surface area contributed by atoms with Crippen LogP contribution in [0.4, 0.5) is 10.1 Å². The third-order valence-electron chi connectivity index (χ3n) is 3.61. The molecule has 18 heavy (non-hydrogen) atoms. The molecule has 100 valence electrons. The Bertz CT molecular complexity index is 361. The average Bonchev–Trinajstić information content (AvgIpc) is 2.39. The van der Waals surface area contributed by atoms with Gasteiger partial charge in [-0.1, -0.05) is 19.1 Å². The molecule has 0 amide bonds. The van der Waals surface area contributed by atoms with Gasteiger partial charge < -0.3 is 10.1 Å². The van der Waals surface area contributed by atoms with Gasteiger partial charge in [0, 0.05) is 6.54 Å². The quantitative estimate of drug-likeness (QED) is 0.803. The molecular formula is C15H22FNO. The summed E-state index contributed by atoms with van der Waals surface area (Å²) in [5, 5.41) is 3.06. The van der Waals surface area contributed by atoms with Gasteiger partial charge in [0.25, 0.3) is 0 Å². The minimum atomic E-state index is -0.205. The second kappa shape index (κ2) is 6.74. The fourth-order valence-corrected chi connectivity index (χ4v) is 2.41. The lowest BCUT2D eigenvalue weighted by Crippen LogP contribution is -2.23. The first kappa shape index (κ1) is 13.3. The molecule has 1 saturated carbocycles. The van der Waals surface area contributed by atoms with E-state index >= 15 is 0 Å².